The number of methoxy groups -OCH3 is 1. The first-order valence-electron chi connectivity index (χ1n) is 6.83. The summed E-state index contributed by atoms with van der Waals surface area (Å²) in [5.74, 6) is 0.784. The first-order chi connectivity index (χ1) is 9.10. The van der Waals surface area contributed by atoms with Crippen molar-refractivity contribution in [2.75, 3.05) is 26.7 Å². The van der Waals surface area contributed by atoms with Gasteiger partial charge in [-0.3, -0.25) is 0 Å². The van der Waals surface area contributed by atoms with Crippen LogP contribution in [0.1, 0.15) is 25.8 Å². The molecule has 0 saturated carbocycles. The van der Waals surface area contributed by atoms with Gasteiger partial charge in [0.2, 0.25) is 0 Å². The predicted octanol–water partition coefficient (Wildman–Crippen LogP) is 2.98. The zero-order valence-electron chi connectivity index (χ0n) is 12.0. The van der Waals surface area contributed by atoms with Crippen molar-refractivity contribution in [1.82, 2.24) is 4.90 Å². The smallest absolute Gasteiger partial charge is 0.122 e. The number of benzene rings is 1. The van der Waals surface area contributed by atoms with Gasteiger partial charge in [0, 0.05) is 18.0 Å². The Balaban J connectivity index is 2.56. The number of rotatable bonds is 8. The van der Waals surface area contributed by atoms with E-state index in [-0.39, 0.29) is 6.10 Å². The van der Waals surface area contributed by atoms with Gasteiger partial charge in [-0.05, 0) is 43.3 Å². The van der Waals surface area contributed by atoms with E-state index < -0.39 is 0 Å². The Labute approximate surface area is 121 Å². The minimum atomic E-state index is -0.368. The van der Waals surface area contributed by atoms with Gasteiger partial charge >= 0.3 is 0 Å². The highest BCUT2D eigenvalue weighted by Crippen LogP contribution is 2.24. The summed E-state index contributed by atoms with van der Waals surface area (Å²) in [5.41, 5.74) is 0.960. The Morgan fingerprint density at radius 2 is 2.00 bits per heavy atom. The SMILES string of the molecule is CCN(CC)CCC(O)Cc1cc(Cl)ccc1OC. The van der Waals surface area contributed by atoms with Crippen molar-refractivity contribution in [2.45, 2.75) is 32.8 Å². The van der Waals surface area contributed by atoms with E-state index >= 15 is 0 Å². The van der Waals surface area contributed by atoms with Crippen LogP contribution >= 0.6 is 11.6 Å². The number of ether oxygens (including phenoxy) is 1. The van der Waals surface area contributed by atoms with Gasteiger partial charge < -0.3 is 14.7 Å². The van der Waals surface area contributed by atoms with Crippen LogP contribution in [0.3, 0.4) is 0 Å². The second-order valence-electron chi connectivity index (χ2n) is 4.63. The molecule has 0 aliphatic heterocycles. The molecule has 1 N–H and O–H groups in total. The van der Waals surface area contributed by atoms with Gasteiger partial charge in [-0.1, -0.05) is 25.4 Å². The number of hydrogen-bond donors (Lipinski definition) is 1. The number of aliphatic hydroxyl groups is 1. The lowest BCUT2D eigenvalue weighted by atomic mass is 10.0. The Kier molecular flexibility index (Phi) is 7.21. The number of aliphatic hydroxyl groups excluding tert-OH is 1. The predicted molar refractivity (Wildman–Crippen MR) is 80.1 cm³/mol. The zero-order chi connectivity index (χ0) is 14.3. The number of hydrogen-bond acceptors (Lipinski definition) is 3. The molecular weight excluding hydrogens is 262 g/mol. The average molecular weight is 286 g/mol. The van der Waals surface area contributed by atoms with E-state index in [9.17, 15) is 5.11 Å². The highest BCUT2D eigenvalue weighted by atomic mass is 35.5. The van der Waals surface area contributed by atoms with E-state index in [1.54, 1.807) is 13.2 Å². The molecule has 0 aromatic heterocycles. The molecule has 0 aliphatic rings. The summed E-state index contributed by atoms with van der Waals surface area (Å²) in [6.07, 6.45) is 0.968. The maximum absolute atomic E-state index is 10.1. The Bertz CT molecular complexity index is 380. The summed E-state index contributed by atoms with van der Waals surface area (Å²) in [7, 11) is 1.63. The summed E-state index contributed by atoms with van der Waals surface area (Å²) in [6, 6.07) is 5.50. The molecule has 0 aliphatic carbocycles. The van der Waals surface area contributed by atoms with Gasteiger partial charge in [0.1, 0.15) is 5.75 Å². The fraction of sp³-hybridized carbons (Fsp3) is 0.600. The Morgan fingerprint density at radius 3 is 2.58 bits per heavy atom. The van der Waals surface area contributed by atoms with Crippen LogP contribution in [0.25, 0.3) is 0 Å². The maximum Gasteiger partial charge on any atom is 0.122 e. The monoisotopic (exact) mass is 285 g/mol. The standard InChI is InChI=1S/C15H24ClNO2/c1-4-17(5-2)9-8-14(18)11-12-10-13(16)6-7-15(12)19-3/h6-7,10,14,18H,4-5,8-9,11H2,1-3H3. The van der Waals surface area contributed by atoms with Crippen LogP contribution in [-0.2, 0) is 6.42 Å². The molecule has 1 aromatic carbocycles. The van der Waals surface area contributed by atoms with Crippen molar-refractivity contribution in [2.24, 2.45) is 0 Å². The van der Waals surface area contributed by atoms with Gasteiger partial charge in [-0.2, -0.15) is 0 Å². The van der Waals surface area contributed by atoms with E-state index in [0.29, 0.717) is 11.4 Å². The quantitative estimate of drug-likeness (QED) is 0.797. The third kappa shape index (κ3) is 5.39. The second-order valence-corrected chi connectivity index (χ2v) is 5.07. The highest BCUT2D eigenvalue weighted by Gasteiger charge is 2.11. The van der Waals surface area contributed by atoms with Gasteiger partial charge in [-0.15, -0.1) is 0 Å². The van der Waals surface area contributed by atoms with Crippen molar-refractivity contribution in [3.8, 4) is 5.75 Å². The summed E-state index contributed by atoms with van der Waals surface area (Å²) >= 11 is 5.98. The average Bonchev–Trinajstić information content (AvgIpc) is 2.40. The molecule has 1 rings (SSSR count). The molecule has 0 bridgehead atoms. The van der Waals surface area contributed by atoms with Crippen molar-refractivity contribution in [3.63, 3.8) is 0 Å². The van der Waals surface area contributed by atoms with Crippen molar-refractivity contribution >= 4 is 11.6 Å². The van der Waals surface area contributed by atoms with E-state index in [4.69, 9.17) is 16.3 Å². The maximum atomic E-state index is 10.1. The lowest BCUT2D eigenvalue weighted by Crippen LogP contribution is -2.27. The molecule has 0 saturated heterocycles. The first kappa shape index (κ1) is 16.3. The van der Waals surface area contributed by atoms with Crippen molar-refractivity contribution < 1.29 is 9.84 Å². The van der Waals surface area contributed by atoms with Gasteiger partial charge in [0.15, 0.2) is 0 Å². The fourth-order valence-corrected chi connectivity index (χ4v) is 2.33. The van der Waals surface area contributed by atoms with Crippen LogP contribution in [0.5, 0.6) is 5.75 Å². The molecular formula is C15H24ClNO2. The van der Waals surface area contributed by atoms with E-state index in [1.165, 1.54) is 0 Å². The zero-order valence-corrected chi connectivity index (χ0v) is 12.8. The number of nitrogens with zero attached hydrogens (tertiary/aromatic N) is 1. The second kappa shape index (κ2) is 8.41. The van der Waals surface area contributed by atoms with Gasteiger partial charge in [0.05, 0.1) is 13.2 Å². The third-order valence-electron chi connectivity index (χ3n) is 3.37. The van der Waals surface area contributed by atoms with Crippen molar-refractivity contribution in [3.05, 3.63) is 28.8 Å². The summed E-state index contributed by atoms with van der Waals surface area (Å²) < 4.78 is 5.29. The summed E-state index contributed by atoms with van der Waals surface area (Å²) in [4.78, 5) is 2.30. The molecule has 108 valence electrons. The third-order valence-corrected chi connectivity index (χ3v) is 3.61. The van der Waals surface area contributed by atoms with Crippen LogP contribution in [0, 0.1) is 0 Å². The van der Waals surface area contributed by atoms with Crippen LogP contribution in [0.2, 0.25) is 5.02 Å². The Hall–Kier alpha value is -0.770. The van der Waals surface area contributed by atoms with Crippen LogP contribution in [-0.4, -0.2) is 42.9 Å². The molecule has 4 heteroatoms. The molecule has 0 radical (unpaired) electrons. The number of halogens is 1. The fourth-order valence-electron chi connectivity index (χ4n) is 2.13. The molecule has 3 nitrogen and oxygen atoms in total. The van der Waals surface area contributed by atoms with Crippen LogP contribution in [0.15, 0.2) is 18.2 Å². The van der Waals surface area contributed by atoms with Crippen molar-refractivity contribution in [1.29, 1.82) is 0 Å². The summed E-state index contributed by atoms with van der Waals surface area (Å²) in [6.45, 7) is 7.22. The van der Waals surface area contributed by atoms with E-state index in [0.717, 1.165) is 37.4 Å². The topological polar surface area (TPSA) is 32.7 Å². The molecule has 1 aromatic rings. The lowest BCUT2D eigenvalue weighted by Gasteiger charge is -2.20. The van der Waals surface area contributed by atoms with E-state index in [2.05, 4.69) is 18.7 Å². The van der Waals surface area contributed by atoms with Gasteiger partial charge in [0.25, 0.3) is 0 Å². The molecule has 0 fully saturated rings. The normalized spacial score (nSPS) is 12.7. The molecule has 1 unspecified atom stereocenters. The minimum Gasteiger partial charge on any atom is -0.496 e. The first-order valence-corrected chi connectivity index (χ1v) is 7.21. The van der Waals surface area contributed by atoms with Crippen LogP contribution < -0.4 is 4.74 Å². The lowest BCUT2D eigenvalue weighted by molar-refractivity contribution is 0.143. The molecule has 0 spiro atoms. The molecule has 1 atom stereocenters. The molecule has 19 heavy (non-hydrogen) atoms. The van der Waals surface area contributed by atoms with Gasteiger partial charge in [-0.25, -0.2) is 0 Å². The van der Waals surface area contributed by atoms with E-state index in [1.807, 2.05) is 12.1 Å². The Morgan fingerprint density at radius 1 is 1.32 bits per heavy atom. The highest BCUT2D eigenvalue weighted by molar-refractivity contribution is 6.30. The van der Waals surface area contributed by atoms with Crippen LogP contribution in [0.4, 0.5) is 0 Å². The largest absolute Gasteiger partial charge is 0.496 e. The molecule has 0 amide bonds. The minimum absolute atomic E-state index is 0.368. The summed E-state index contributed by atoms with van der Waals surface area (Å²) in [5, 5.41) is 10.8. The molecule has 0 heterocycles.